The Morgan fingerprint density at radius 1 is 1.14 bits per heavy atom. The third-order valence-electron chi connectivity index (χ3n) is 4.68. The number of carbonyl (C=O) groups excluding carboxylic acids is 2. The Labute approximate surface area is 174 Å². The molecule has 0 bridgehead atoms. The lowest BCUT2D eigenvalue weighted by Crippen LogP contribution is -2.45. The van der Waals surface area contributed by atoms with Crippen LogP contribution >= 0.6 is 23.2 Å². The summed E-state index contributed by atoms with van der Waals surface area (Å²) < 4.78 is 5.71. The first kappa shape index (κ1) is 20.5. The smallest absolute Gasteiger partial charge is 0.253 e. The minimum Gasteiger partial charge on any atom is -0.492 e. The summed E-state index contributed by atoms with van der Waals surface area (Å²) in [5.41, 5.74) is 2.97. The van der Waals surface area contributed by atoms with Crippen molar-refractivity contribution >= 4 is 35.0 Å². The molecule has 0 aromatic heterocycles. The number of ether oxygens (including phenoxy) is 1. The predicted molar refractivity (Wildman–Crippen MR) is 110 cm³/mol. The summed E-state index contributed by atoms with van der Waals surface area (Å²) in [4.78, 5) is 24.5. The van der Waals surface area contributed by atoms with Crippen LogP contribution in [0.2, 0.25) is 10.0 Å². The van der Waals surface area contributed by atoms with Crippen LogP contribution in [-0.2, 0) is 17.6 Å². The third kappa shape index (κ3) is 4.97. The van der Waals surface area contributed by atoms with Crippen LogP contribution in [0.3, 0.4) is 0 Å². The molecule has 5 nitrogen and oxygen atoms in total. The monoisotopic (exact) mass is 420 g/mol. The average Bonchev–Trinajstić information content (AvgIpc) is 3.14. The van der Waals surface area contributed by atoms with Gasteiger partial charge in [-0.15, -0.1) is 0 Å². The largest absolute Gasteiger partial charge is 0.492 e. The number of hydrogen-bond acceptors (Lipinski definition) is 3. The van der Waals surface area contributed by atoms with Gasteiger partial charge in [-0.2, -0.15) is 0 Å². The van der Waals surface area contributed by atoms with E-state index in [0.29, 0.717) is 13.2 Å². The predicted octanol–water partition coefficient (Wildman–Crippen LogP) is 3.80. The second-order valence-electron chi connectivity index (χ2n) is 6.72. The fourth-order valence-electron chi connectivity index (χ4n) is 3.15. The van der Waals surface area contributed by atoms with Gasteiger partial charge in [0, 0.05) is 0 Å². The van der Waals surface area contributed by atoms with E-state index in [9.17, 15) is 9.59 Å². The first-order valence-corrected chi connectivity index (χ1v) is 9.98. The van der Waals surface area contributed by atoms with Crippen molar-refractivity contribution in [1.82, 2.24) is 10.6 Å². The van der Waals surface area contributed by atoms with Crippen molar-refractivity contribution in [2.45, 2.75) is 32.2 Å². The first-order valence-electron chi connectivity index (χ1n) is 9.23. The molecule has 0 saturated heterocycles. The number of benzene rings is 2. The number of aryl methyl sites for hydroxylation is 2. The van der Waals surface area contributed by atoms with Gasteiger partial charge in [0.25, 0.3) is 5.91 Å². The van der Waals surface area contributed by atoms with E-state index in [1.54, 1.807) is 25.1 Å². The molecule has 0 aliphatic heterocycles. The molecule has 0 heterocycles. The van der Waals surface area contributed by atoms with Gasteiger partial charge in [0.2, 0.25) is 5.91 Å². The number of halogens is 2. The van der Waals surface area contributed by atoms with E-state index in [1.807, 2.05) is 6.07 Å². The number of hydrogen-bond donors (Lipinski definition) is 2. The Morgan fingerprint density at radius 2 is 1.93 bits per heavy atom. The van der Waals surface area contributed by atoms with Gasteiger partial charge in [0.05, 0.1) is 22.2 Å². The Bertz CT molecular complexity index is 886. The van der Waals surface area contributed by atoms with E-state index >= 15 is 0 Å². The van der Waals surface area contributed by atoms with Gasteiger partial charge in [-0.3, -0.25) is 9.59 Å². The summed E-state index contributed by atoms with van der Waals surface area (Å²) in [7, 11) is 0. The van der Waals surface area contributed by atoms with Gasteiger partial charge in [-0.1, -0.05) is 35.3 Å². The van der Waals surface area contributed by atoms with Crippen molar-refractivity contribution in [3.05, 3.63) is 63.1 Å². The van der Waals surface area contributed by atoms with Crippen LogP contribution in [0, 0.1) is 0 Å². The van der Waals surface area contributed by atoms with E-state index in [-0.39, 0.29) is 21.5 Å². The van der Waals surface area contributed by atoms with Crippen LogP contribution in [0.4, 0.5) is 0 Å². The van der Waals surface area contributed by atoms with E-state index < -0.39 is 11.9 Å². The fourth-order valence-corrected chi connectivity index (χ4v) is 3.54. The molecule has 2 amide bonds. The van der Waals surface area contributed by atoms with Crippen LogP contribution < -0.4 is 15.4 Å². The van der Waals surface area contributed by atoms with E-state index in [2.05, 4.69) is 22.8 Å². The minimum atomic E-state index is -0.720. The first-order chi connectivity index (χ1) is 13.5. The lowest BCUT2D eigenvalue weighted by molar-refractivity contribution is -0.122. The maximum absolute atomic E-state index is 12.3. The number of carbonyl (C=O) groups is 2. The molecule has 0 radical (unpaired) electrons. The molecular weight excluding hydrogens is 399 g/mol. The molecule has 3 rings (SSSR count). The van der Waals surface area contributed by atoms with Crippen molar-refractivity contribution in [2.75, 3.05) is 13.2 Å². The lowest BCUT2D eigenvalue weighted by Gasteiger charge is -2.15. The highest BCUT2D eigenvalue weighted by Gasteiger charge is 2.19. The highest BCUT2D eigenvalue weighted by Crippen LogP contribution is 2.26. The molecule has 0 fully saturated rings. The number of fused-ring (bicyclic) bond motifs is 1. The molecule has 2 N–H and O–H groups in total. The molecule has 28 heavy (non-hydrogen) atoms. The molecule has 2 aromatic rings. The molecule has 1 aliphatic carbocycles. The topological polar surface area (TPSA) is 67.4 Å². The summed E-state index contributed by atoms with van der Waals surface area (Å²) in [6.07, 6.45) is 3.42. The van der Waals surface area contributed by atoms with E-state index in [0.717, 1.165) is 18.6 Å². The van der Waals surface area contributed by atoms with Crippen LogP contribution in [0.1, 0.15) is 34.8 Å². The summed E-state index contributed by atoms with van der Waals surface area (Å²) >= 11 is 12.0. The summed E-state index contributed by atoms with van der Waals surface area (Å²) in [5, 5.41) is 5.82. The van der Waals surface area contributed by atoms with Crippen LogP contribution in [0.25, 0.3) is 0 Å². The van der Waals surface area contributed by atoms with Crippen LogP contribution in [-0.4, -0.2) is 31.0 Å². The van der Waals surface area contributed by atoms with Crippen molar-refractivity contribution in [3.63, 3.8) is 0 Å². The number of amides is 2. The lowest BCUT2D eigenvalue weighted by atomic mass is 10.1. The Balaban J connectivity index is 1.43. The van der Waals surface area contributed by atoms with Crippen molar-refractivity contribution < 1.29 is 14.3 Å². The van der Waals surface area contributed by atoms with Crippen molar-refractivity contribution in [2.24, 2.45) is 0 Å². The molecule has 0 saturated carbocycles. The Hall–Kier alpha value is -2.24. The van der Waals surface area contributed by atoms with Crippen LogP contribution in [0.5, 0.6) is 5.75 Å². The van der Waals surface area contributed by atoms with Crippen molar-refractivity contribution in [3.8, 4) is 5.75 Å². The normalized spacial score (nSPS) is 13.5. The zero-order valence-electron chi connectivity index (χ0n) is 15.6. The zero-order valence-corrected chi connectivity index (χ0v) is 17.1. The molecule has 0 spiro atoms. The van der Waals surface area contributed by atoms with Gasteiger partial charge < -0.3 is 15.4 Å². The van der Waals surface area contributed by atoms with E-state index in [1.165, 1.54) is 17.5 Å². The van der Waals surface area contributed by atoms with Gasteiger partial charge in [-0.25, -0.2) is 0 Å². The summed E-state index contributed by atoms with van der Waals surface area (Å²) in [5.74, 6) is 0.0560. The molecule has 1 aliphatic rings. The van der Waals surface area contributed by atoms with Crippen LogP contribution in [0.15, 0.2) is 36.4 Å². The number of nitrogens with one attached hydrogen (secondary N) is 2. The second-order valence-corrected chi connectivity index (χ2v) is 7.51. The molecule has 1 unspecified atom stereocenters. The second kappa shape index (κ2) is 9.30. The van der Waals surface area contributed by atoms with Gasteiger partial charge in [-0.05, 0) is 61.6 Å². The van der Waals surface area contributed by atoms with Gasteiger partial charge >= 0.3 is 0 Å². The zero-order chi connectivity index (χ0) is 20.1. The maximum Gasteiger partial charge on any atom is 0.253 e. The highest BCUT2D eigenvalue weighted by atomic mass is 35.5. The summed E-state index contributed by atoms with van der Waals surface area (Å²) in [6, 6.07) is 10.2. The molecule has 7 heteroatoms. The Morgan fingerprint density at radius 3 is 2.75 bits per heavy atom. The molecule has 148 valence electrons. The third-order valence-corrected chi connectivity index (χ3v) is 5.50. The van der Waals surface area contributed by atoms with Gasteiger partial charge in [0.1, 0.15) is 18.4 Å². The fraction of sp³-hybridized carbons (Fsp3) is 0.333. The molecule has 2 aromatic carbocycles. The molecular formula is C21H22Cl2N2O3. The quantitative estimate of drug-likeness (QED) is 0.669. The SMILES string of the molecule is CC(NC(=O)c1cccc(Cl)c1Cl)C(=O)NCCOc1ccc2c(c1)CCC2. The highest BCUT2D eigenvalue weighted by molar-refractivity contribution is 6.43. The maximum atomic E-state index is 12.3. The Kier molecular flexibility index (Phi) is 6.81. The molecule has 1 atom stereocenters. The minimum absolute atomic E-state index is 0.164. The van der Waals surface area contributed by atoms with Crippen molar-refractivity contribution in [1.29, 1.82) is 0 Å². The van der Waals surface area contributed by atoms with E-state index in [4.69, 9.17) is 27.9 Å². The number of rotatable bonds is 7. The standard InChI is InChI=1S/C21H22Cl2N2O3/c1-13(25-21(27)17-6-3-7-18(22)19(17)23)20(26)24-10-11-28-16-9-8-14-4-2-5-15(14)12-16/h3,6-9,12-13H,2,4-5,10-11H2,1H3,(H,24,26)(H,25,27). The van der Waals surface area contributed by atoms with Gasteiger partial charge in [0.15, 0.2) is 0 Å². The average molecular weight is 421 g/mol. The summed E-state index contributed by atoms with van der Waals surface area (Å²) in [6.45, 7) is 2.30.